The number of amides is 1. The highest BCUT2D eigenvalue weighted by atomic mass is 35.5. The molecule has 2 N–H and O–H groups in total. The summed E-state index contributed by atoms with van der Waals surface area (Å²) >= 11 is 6.00. The Labute approximate surface area is 142 Å². The Morgan fingerprint density at radius 3 is 2.65 bits per heavy atom. The summed E-state index contributed by atoms with van der Waals surface area (Å²) in [4.78, 5) is 11.9. The van der Waals surface area contributed by atoms with E-state index < -0.39 is 10.0 Å². The predicted molar refractivity (Wildman–Crippen MR) is 91.8 cm³/mol. The van der Waals surface area contributed by atoms with Crippen molar-refractivity contribution in [3.8, 4) is 0 Å². The quantitative estimate of drug-likeness (QED) is 0.820. The number of hydrogen-bond acceptors (Lipinski definition) is 3. The smallest absolute Gasteiger partial charge is 0.235 e. The summed E-state index contributed by atoms with van der Waals surface area (Å²) in [5.41, 5.74) is 1.38. The molecule has 1 saturated carbocycles. The molecule has 128 valence electrons. The van der Waals surface area contributed by atoms with Gasteiger partial charge in [0, 0.05) is 11.1 Å². The topological polar surface area (TPSA) is 75.3 Å². The fourth-order valence-corrected chi connectivity index (χ4v) is 4.13. The van der Waals surface area contributed by atoms with E-state index in [9.17, 15) is 13.2 Å². The van der Waals surface area contributed by atoms with Crippen molar-refractivity contribution in [2.24, 2.45) is 0 Å². The summed E-state index contributed by atoms with van der Waals surface area (Å²) in [6.45, 7) is 1.56. The lowest BCUT2D eigenvalue weighted by Gasteiger charge is -2.22. The van der Waals surface area contributed by atoms with Crippen LogP contribution in [0.15, 0.2) is 18.2 Å². The Balaban J connectivity index is 1.86. The lowest BCUT2D eigenvalue weighted by molar-refractivity contribution is -0.120. The van der Waals surface area contributed by atoms with Crippen molar-refractivity contribution in [3.05, 3.63) is 34.3 Å². The Hall–Kier alpha value is -1.11. The molecule has 2 rings (SSSR count). The second-order valence-electron chi connectivity index (χ2n) is 6.01. The third kappa shape index (κ3) is 5.79. The van der Waals surface area contributed by atoms with Gasteiger partial charge in [0.2, 0.25) is 15.9 Å². The molecule has 1 aromatic rings. The average Bonchev–Trinajstić information content (AvgIpc) is 2.51. The highest BCUT2D eigenvalue weighted by Crippen LogP contribution is 2.20. The third-order valence-electron chi connectivity index (χ3n) is 4.15. The molecule has 0 unspecified atom stereocenters. The van der Waals surface area contributed by atoms with Gasteiger partial charge in [0.15, 0.2) is 0 Å². The van der Waals surface area contributed by atoms with Crippen LogP contribution in [0.5, 0.6) is 0 Å². The van der Waals surface area contributed by atoms with Gasteiger partial charge in [-0.2, -0.15) is 0 Å². The minimum atomic E-state index is -3.58. The second kappa shape index (κ2) is 8.13. The van der Waals surface area contributed by atoms with E-state index in [-0.39, 0.29) is 24.2 Å². The molecule has 1 aliphatic carbocycles. The first-order valence-corrected chi connectivity index (χ1v) is 9.91. The van der Waals surface area contributed by atoms with Crippen molar-refractivity contribution in [1.29, 1.82) is 0 Å². The highest BCUT2D eigenvalue weighted by molar-refractivity contribution is 7.88. The molecule has 0 bridgehead atoms. The zero-order chi connectivity index (χ0) is 16.9. The first kappa shape index (κ1) is 18.2. The maximum Gasteiger partial charge on any atom is 0.235 e. The number of nitrogens with one attached hydrogen (secondary N) is 2. The number of halogens is 1. The summed E-state index contributed by atoms with van der Waals surface area (Å²) in [5.74, 6) is -0.459. The maximum absolute atomic E-state index is 12.1. The molecule has 0 radical (unpaired) electrons. The summed E-state index contributed by atoms with van der Waals surface area (Å²) in [5, 5.41) is 3.42. The lowest BCUT2D eigenvalue weighted by atomic mass is 9.95. The van der Waals surface area contributed by atoms with E-state index >= 15 is 0 Å². The zero-order valence-electron chi connectivity index (χ0n) is 13.3. The van der Waals surface area contributed by atoms with Crippen molar-refractivity contribution < 1.29 is 13.2 Å². The van der Waals surface area contributed by atoms with Crippen molar-refractivity contribution in [3.63, 3.8) is 0 Å². The molecule has 0 aliphatic heterocycles. The van der Waals surface area contributed by atoms with Gasteiger partial charge in [-0.25, -0.2) is 13.1 Å². The van der Waals surface area contributed by atoms with Crippen LogP contribution < -0.4 is 10.0 Å². The van der Waals surface area contributed by atoms with Crippen molar-refractivity contribution in [2.45, 2.75) is 50.8 Å². The average molecular weight is 359 g/mol. The van der Waals surface area contributed by atoms with E-state index in [4.69, 9.17) is 11.6 Å². The number of hydrogen-bond donors (Lipinski definition) is 2. The molecule has 5 nitrogen and oxygen atoms in total. The Morgan fingerprint density at radius 1 is 1.26 bits per heavy atom. The standard InChI is InChI=1S/C16H23ClN2O3S/c1-12-13(6-5-9-15(12)17)11-23(21,22)18-10-16(20)19-14-7-3-2-4-8-14/h5-6,9,14,18H,2-4,7-8,10-11H2,1H3,(H,19,20). The molecule has 0 spiro atoms. The Bertz CT molecular complexity index is 655. The van der Waals surface area contributed by atoms with Crippen LogP contribution in [0.2, 0.25) is 5.02 Å². The van der Waals surface area contributed by atoms with Gasteiger partial charge in [-0.05, 0) is 37.0 Å². The molecule has 7 heteroatoms. The summed E-state index contributed by atoms with van der Waals surface area (Å²) in [7, 11) is -3.58. The SMILES string of the molecule is Cc1c(Cl)cccc1CS(=O)(=O)NCC(=O)NC1CCCCC1. The summed E-state index contributed by atoms with van der Waals surface area (Å²) in [6.07, 6.45) is 5.38. The molecular formula is C16H23ClN2O3S. The Morgan fingerprint density at radius 2 is 1.96 bits per heavy atom. The van der Waals surface area contributed by atoms with Crippen LogP contribution in [0.4, 0.5) is 0 Å². The summed E-state index contributed by atoms with van der Waals surface area (Å²) < 4.78 is 26.6. The first-order chi connectivity index (χ1) is 10.9. The van der Waals surface area contributed by atoms with Gasteiger partial charge in [-0.3, -0.25) is 4.79 Å². The molecule has 23 heavy (non-hydrogen) atoms. The first-order valence-electron chi connectivity index (χ1n) is 7.88. The molecule has 1 aliphatic rings. The largest absolute Gasteiger partial charge is 0.352 e. The van der Waals surface area contributed by atoms with E-state index in [1.807, 2.05) is 0 Å². The van der Waals surface area contributed by atoms with Crippen molar-refractivity contribution in [1.82, 2.24) is 10.0 Å². The normalized spacial score (nSPS) is 16.3. The van der Waals surface area contributed by atoms with Gasteiger partial charge >= 0.3 is 0 Å². The van der Waals surface area contributed by atoms with Gasteiger partial charge in [-0.15, -0.1) is 0 Å². The number of rotatable bonds is 6. The van der Waals surface area contributed by atoms with Gasteiger partial charge in [0.05, 0.1) is 12.3 Å². The molecule has 0 saturated heterocycles. The monoisotopic (exact) mass is 358 g/mol. The van der Waals surface area contributed by atoms with Gasteiger partial charge in [-0.1, -0.05) is 43.0 Å². The van der Waals surface area contributed by atoms with Crippen LogP contribution in [0, 0.1) is 6.92 Å². The molecule has 1 aromatic carbocycles. The molecule has 0 heterocycles. The third-order valence-corrected chi connectivity index (χ3v) is 5.83. The number of carbonyl (C=O) groups excluding carboxylic acids is 1. The molecule has 1 amide bonds. The fourth-order valence-electron chi connectivity index (χ4n) is 2.77. The summed E-state index contributed by atoms with van der Waals surface area (Å²) in [6, 6.07) is 5.34. The highest BCUT2D eigenvalue weighted by Gasteiger charge is 2.18. The van der Waals surface area contributed by atoms with E-state index in [1.54, 1.807) is 25.1 Å². The van der Waals surface area contributed by atoms with Crippen LogP contribution in [-0.4, -0.2) is 26.9 Å². The lowest BCUT2D eigenvalue weighted by Crippen LogP contribution is -2.42. The van der Waals surface area contributed by atoms with Crippen molar-refractivity contribution in [2.75, 3.05) is 6.54 Å². The fraction of sp³-hybridized carbons (Fsp3) is 0.562. The van der Waals surface area contributed by atoms with Crippen molar-refractivity contribution >= 4 is 27.5 Å². The minimum Gasteiger partial charge on any atom is -0.352 e. The van der Waals surface area contributed by atoms with Gasteiger partial charge < -0.3 is 5.32 Å². The van der Waals surface area contributed by atoms with Gasteiger partial charge in [0.1, 0.15) is 0 Å². The zero-order valence-corrected chi connectivity index (χ0v) is 14.8. The van der Waals surface area contributed by atoms with Crippen LogP contribution in [0.25, 0.3) is 0 Å². The maximum atomic E-state index is 12.1. The predicted octanol–water partition coefficient (Wildman–Crippen LogP) is 2.52. The number of benzene rings is 1. The van der Waals surface area contributed by atoms with E-state index in [1.165, 1.54) is 6.42 Å². The molecular weight excluding hydrogens is 336 g/mol. The minimum absolute atomic E-state index is 0.177. The van der Waals surface area contributed by atoms with Crippen LogP contribution >= 0.6 is 11.6 Å². The van der Waals surface area contributed by atoms with E-state index in [0.717, 1.165) is 31.2 Å². The van der Waals surface area contributed by atoms with Crippen LogP contribution in [0.1, 0.15) is 43.2 Å². The molecule has 0 atom stereocenters. The van der Waals surface area contributed by atoms with E-state index in [2.05, 4.69) is 10.0 Å². The van der Waals surface area contributed by atoms with Gasteiger partial charge in [0.25, 0.3) is 0 Å². The van der Waals surface area contributed by atoms with Crippen LogP contribution in [-0.2, 0) is 20.6 Å². The molecule has 0 aromatic heterocycles. The van der Waals surface area contributed by atoms with Crippen LogP contribution in [0.3, 0.4) is 0 Å². The number of carbonyl (C=O) groups is 1. The van der Waals surface area contributed by atoms with E-state index in [0.29, 0.717) is 10.6 Å². The number of sulfonamides is 1. The molecule has 1 fully saturated rings. The second-order valence-corrected chi connectivity index (χ2v) is 8.22. The Kier molecular flexibility index (Phi) is 6.44.